The number of allylic oxidation sites excluding steroid dienone is 2. The molecule has 1 aliphatic heterocycles. The summed E-state index contributed by atoms with van der Waals surface area (Å²) in [5.41, 5.74) is 3.41. The van der Waals surface area contributed by atoms with E-state index in [0.29, 0.717) is 24.5 Å². The summed E-state index contributed by atoms with van der Waals surface area (Å²) in [4.78, 5) is 13.5. The van der Waals surface area contributed by atoms with Crippen LogP contribution in [0.2, 0.25) is 0 Å². The molecule has 7 heteroatoms. The molecular weight excluding hydrogens is 568 g/mol. The molecule has 0 aromatic heterocycles. The van der Waals surface area contributed by atoms with Crippen molar-refractivity contribution in [3.05, 3.63) is 155 Å². The zero-order valence-electron chi connectivity index (χ0n) is 25.7. The average Bonchev–Trinajstić information content (AvgIpc) is 3.09. The van der Waals surface area contributed by atoms with Gasteiger partial charge in [-0.3, -0.25) is 0 Å². The van der Waals surface area contributed by atoms with Crippen LogP contribution < -0.4 is 0 Å². The molecule has 0 spiro atoms. The van der Waals surface area contributed by atoms with Crippen molar-refractivity contribution in [2.45, 2.75) is 64.4 Å². The third kappa shape index (κ3) is 9.36. The normalized spacial score (nSPS) is 21.6. The van der Waals surface area contributed by atoms with Crippen molar-refractivity contribution >= 4 is 5.97 Å². The first-order chi connectivity index (χ1) is 22.1. The van der Waals surface area contributed by atoms with Crippen LogP contribution in [0.1, 0.15) is 40.9 Å². The van der Waals surface area contributed by atoms with Gasteiger partial charge in [-0.2, -0.15) is 0 Å². The molecule has 0 bridgehead atoms. The summed E-state index contributed by atoms with van der Waals surface area (Å²) < 4.78 is 38.4. The van der Waals surface area contributed by atoms with Crippen LogP contribution in [0, 0.1) is 0 Å². The standard InChI is InChI=1S/C38H40O7/c1-3-28(2)43-38-36(45-37(39)32-22-14-7-15-23-32)35(42-26-31-20-12-6-13-21-31)34(41-25-30-18-10-5-11-19-30)33(44-38)27-40-24-29-16-8-4-9-17-29/h3-23,33-36,38H,24-27H2,1-2H3/b28-3+/t33-,34+,35+,36-,38-/m1/s1. The van der Waals surface area contributed by atoms with E-state index in [2.05, 4.69) is 0 Å². The van der Waals surface area contributed by atoms with Crippen molar-refractivity contribution in [2.75, 3.05) is 6.61 Å². The van der Waals surface area contributed by atoms with Gasteiger partial charge in [-0.1, -0.05) is 109 Å². The van der Waals surface area contributed by atoms with Crippen LogP contribution in [-0.2, 0) is 48.2 Å². The second kappa shape index (κ2) is 16.7. The van der Waals surface area contributed by atoms with Crippen LogP contribution in [0.5, 0.6) is 0 Å². The zero-order valence-corrected chi connectivity index (χ0v) is 25.7. The van der Waals surface area contributed by atoms with Crippen LogP contribution >= 0.6 is 0 Å². The van der Waals surface area contributed by atoms with Crippen molar-refractivity contribution in [3.63, 3.8) is 0 Å². The third-order valence-corrected chi connectivity index (χ3v) is 7.52. The van der Waals surface area contributed by atoms with Crippen molar-refractivity contribution in [2.24, 2.45) is 0 Å². The number of esters is 1. The van der Waals surface area contributed by atoms with Gasteiger partial charge in [0, 0.05) is 0 Å². The predicted octanol–water partition coefficient (Wildman–Crippen LogP) is 7.26. The van der Waals surface area contributed by atoms with Gasteiger partial charge in [-0.05, 0) is 48.7 Å². The first kappa shape index (κ1) is 32.1. The smallest absolute Gasteiger partial charge is 0.338 e. The molecule has 4 aromatic rings. The Balaban J connectivity index is 1.47. The average molecular weight is 609 g/mol. The summed E-state index contributed by atoms with van der Waals surface area (Å²) in [5.74, 6) is 0.111. The van der Waals surface area contributed by atoms with Gasteiger partial charge in [0.2, 0.25) is 6.29 Å². The Morgan fingerprint density at radius 2 is 1.13 bits per heavy atom. The van der Waals surface area contributed by atoms with Crippen molar-refractivity contribution in [1.82, 2.24) is 0 Å². The lowest BCUT2D eigenvalue weighted by atomic mass is 9.97. The fraction of sp³-hybridized carbons (Fsp3) is 0.289. The maximum Gasteiger partial charge on any atom is 0.338 e. The maximum absolute atomic E-state index is 13.5. The van der Waals surface area contributed by atoms with Gasteiger partial charge >= 0.3 is 5.97 Å². The molecule has 0 aliphatic carbocycles. The van der Waals surface area contributed by atoms with Gasteiger partial charge in [0.1, 0.15) is 18.3 Å². The van der Waals surface area contributed by atoms with E-state index in [4.69, 9.17) is 28.4 Å². The Morgan fingerprint density at radius 3 is 1.67 bits per heavy atom. The van der Waals surface area contributed by atoms with Gasteiger partial charge in [0.25, 0.3) is 0 Å². The fourth-order valence-corrected chi connectivity index (χ4v) is 5.04. The van der Waals surface area contributed by atoms with E-state index < -0.39 is 36.7 Å². The molecule has 45 heavy (non-hydrogen) atoms. The lowest BCUT2D eigenvalue weighted by molar-refractivity contribution is -0.309. The first-order valence-corrected chi connectivity index (χ1v) is 15.2. The predicted molar refractivity (Wildman–Crippen MR) is 171 cm³/mol. The van der Waals surface area contributed by atoms with Crippen molar-refractivity contribution in [1.29, 1.82) is 0 Å². The van der Waals surface area contributed by atoms with E-state index >= 15 is 0 Å². The summed E-state index contributed by atoms with van der Waals surface area (Å²) in [6.07, 6.45) is -2.11. The number of ether oxygens (including phenoxy) is 6. The quantitative estimate of drug-likeness (QED) is 0.110. The fourth-order valence-electron chi connectivity index (χ4n) is 5.04. The van der Waals surface area contributed by atoms with Crippen molar-refractivity contribution < 1.29 is 33.2 Å². The van der Waals surface area contributed by atoms with Gasteiger partial charge in [0.05, 0.1) is 37.8 Å². The van der Waals surface area contributed by atoms with E-state index in [-0.39, 0.29) is 13.2 Å². The van der Waals surface area contributed by atoms with Crippen LogP contribution in [0.15, 0.2) is 133 Å². The van der Waals surface area contributed by atoms with Crippen LogP contribution in [0.4, 0.5) is 0 Å². The molecular formula is C38H40O7. The second-order valence-corrected chi connectivity index (χ2v) is 10.8. The van der Waals surface area contributed by atoms with Crippen LogP contribution in [0.3, 0.4) is 0 Å². The van der Waals surface area contributed by atoms with E-state index in [9.17, 15) is 4.79 Å². The molecule has 1 heterocycles. The highest BCUT2D eigenvalue weighted by Gasteiger charge is 2.51. The molecule has 5 atom stereocenters. The lowest BCUT2D eigenvalue weighted by Gasteiger charge is -2.45. The molecule has 1 fully saturated rings. The number of carbonyl (C=O) groups excluding carboxylic acids is 1. The third-order valence-electron chi connectivity index (χ3n) is 7.52. The molecule has 234 valence electrons. The minimum absolute atomic E-state index is 0.202. The Kier molecular flexibility index (Phi) is 11.9. The highest BCUT2D eigenvalue weighted by molar-refractivity contribution is 5.89. The van der Waals surface area contributed by atoms with Gasteiger partial charge in [-0.15, -0.1) is 0 Å². The van der Waals surface area contributed by atoms with Gasteiger partial charge in [-0.25, -0.2) is 4.79 Å². The molecule has 0 radical (unpaired) electrons. The van der Waals surface area contributed by atoms with Gasteiger partial charge in [0.15, 0.2) is 6.10 Å². The summed E-state index contributed by atoms with van der Waals surface area (Å²) >= 11 is 0. The van der Waals surface area contributed by atoms with E-state index in [0.717, 1.165) is 16.7 Å². The second-order valence-electron chi connectivity index (χ2n) is 10.8. The highest BCUT2D eigenvalue weighted by atomic mass is 16.7. The lowest BCUT2D eigenvalue weighted by Crippen LogP contribution is -2.62. The Labute approximate surface area is 265 Å². The zero-order chi connectivity index (χ0) is 31.3. The molecule has 5 rings (SSSR count). The summed E-state index contributed by atoms with van der Waals surface area (Å²) in [7, 11) is 0. The Morgan fingerprint density at radius 1 is 0.644 bits per heavy atom. The molecule has 0 unspecified atom stereocenters. The molecule has 7 nitrogen and oxygen atoms in total. The number of benzene rings is 4. The summed E-state index contributed by atoms with van der Waals surface area (Å²) in [5, 5.41) is 0. The number of rotatable bonds is 14. The topological polar surface area (TPSA) is 72.5 Å². The Hall–Kier alpha value is -4.27. The SMILES string of the molecule is C/C=C(\C)O[C@@H]1O[C@H](COCc2ccccc2)[C@H](OCc2ccccc2)[C@H](OCc2ccccc2)[C@H]1OC(=O)c1ccccc1. The summed E-state index contributed by atoms with van der Waals surface area (Å²) in [6.45, 7) is 4.87. The van der Waals surface area contributed by atoms with Crippen LogP contribution in [0.25, 0.3) is 0 Å². The minimum atomic E-state index is -0.975. The molecule has 0 amide bonds. The first-order valence-electron chi connectivity index (χ1n) is 15.2. The number of hydrogen-bond acceptors (Lipinski definition) is 7. The molecule has 1 saturated heterocycles. The monoisotopic (exact) mass is 608 g/mol. The molecule has 0 saturated carbocycles. The van der Waals surface area contributed by atoms with E-state index in [1.165, 1.54) is 0 Å². The van der Waals surface area contributed by atoms with E-state index in [1.807, 2.05) is 117 Å². The van der Waals surface area contributed by atoms with Gasteiger partial charge < -0.3 is 28.4 Å². The van der Waals surface area contributed by atoms with Crippen molar-refractivity contribution in [3.8, 4) is 0 Å². The van der Waals surface area contributed by atoms with E-state index in [1.54, 1.807) is 24.3 Å². The largest absolute Gasteiger partial charge is 0.466 e. The molecule has 1 aliphatic rings. The molecule has 0 N–H and O–H groups in total. The summed E-state index contributed by atoms with van der Waals surface area (Å²) in [6, 6.07) is 38.5. The maximum atomic E-state index is 13.5. The molecule has 4 aromatic carbocycles. The van der Waals surface area contributed by atoms with Crippen LogP contribution in [-0.4, -0.2) is 43.3 Å². The number of hydrogen-bond donors (Lipinski definition) is 0. The Bertz CT molecular complexity index is 1460. The number of carbonyl (C=O) groups is 1. The highest BCUT2D eigenvalue weighted by Crippen LogP contribution is 2.32. The minimum Gasteiger partial charge on any atom is -0.466 e.